The fourth-order valence-electron chi connectivity index (χ4n) is 5.71. The van der Waals surface area contributed by atoms with E-state index in [0.29, 0.717) is 43.1 Å². The molecule has 1 aromatic rings. The van der Waals surface area contributed by atoms with Crippen LogP contribution in [0.15, 0.2) is 18.2 Å². The van der Waals surface area contributed by atoms with Crippen LogP contribution in [-0.4, -0.2) is 70.0 Å². The Hall–Kier alpha value is -1.68. The molecule has 34 heavy (non-hydrogen) atoms. The number of benzene rings is 1. The number of alkyl halides is 1. The van der Waals surface area contributed by atoms with Crippen LogP contribution >= 0.6 is 27.5 Å². The van der Waals surface area contributed by atoms with Gasteiger partial charge < -0.3 is 25.4 Å². The predicted molar refractivity (Wildman–Crippen MR) is 132 cm³/mol. The first-order chi connectivity index (χ1) is 16.3. The number of aryl methyl sites for hydroxylation is 1. The Kier molecular flexibility index (Phi) is 7.57. The van der Waals surface area contributed by atoms with Gasteiger partial charge in [-0.2, -0.15) is 0 Å². The molecule has 10 heteroatoms. The summed E-state index contributed by atoms with van der Waals surface area (Å²) in [5.74, 6) is -2.24. The highest BCUT2D eigenvalue weighted by atomic mass is 79.9. The second kappa shape index (κ2) is 10.1. The minimum atomic E-state index is -1.11. The van der Waals surface area contributed by atoms with Crippen LogP contribution in [0.5, 0.6) is 0 Å². The van der Waals surface area contributed by atoms with Crippen molar-refractivity contribution < 1.29 is 24.2 Å². The minimum absolute atomic E-state index is 0.00359. The quantitative estimate of drug-likeness (QED) is 0.320. The number of carbonyl (C=O) groups is 3. The maximum Gasteiger partial charge on any atom is 0.250 e. The molecule has 3 unspecified atom stereocenters. The largest absolute Gasteiger partial charge is 0.396 e. The van der Waals surface area contributed by atoms with Gasteiger partial charge in [0.15, 0.2) is 0 Å². The number of fused-ring (bicyclic) bond motifs is 1. The zero-order valence-corrected chi connectivity index (χ0v) is 21.7. The third-order valence-electron chi connectivity index (χ3n) is 7.17. The van der Waals surface area contributed by atoms with E-state index in [1.165, 1.54) is 0 Å². The van der Waals surface area contributed by atoms with Gasteiger partial charge >= 0.3 is 0 Å². The number of rotatable bonds is 9. The maximum absolute atomic E-state index is 13.8. The molecule has 0 radical (unpaired) electrons. The number of unbranched alkanes of at least 4 members (excludes halogenated alkanes) is 1. The predicted octanol–water partition coefficient (Wildman–Crippen LogP) is 2.63. The number of para-hydroxylation sites is 1. The number of likely N-dealkylation sites (tertiary alicyclic amines) is 1. The van der Waals surface area contributed by atoms with Gasteiger partial charge in [-0.3, -0.25) is 14.4 Å². The molecule has 3 heterocycles. The summed E-state index contributed by atoms with van der Waals surface area (Å²) in [6, 6.07) is 4.44. The lowest BCUT2D eigenvalue weighted by Gasteiger charge is -2.34. The summed E-state index contributed by atoms with van der Waals surface area (Å²) >= 11 is 10.0. The van der Waals surface area contributed by atoms with Crippen LogP contribution < -0.4 is 10.6 Å². The zero-order valence-electron chi connectivity index (χ0n) is 19.4. The molecule has 6 atom stereocenters. The van der Waals surface area contributed by atoms with Crippen molar-refractivity contribution >= 4 is 50.9 Å². The Labute approximate surface area is 212 Å². The van der Waals surface area contributed by atoms with Gasteiger partial charge in [0, 0.05) is 24.5 Å². The van der Waals surface area contributed by atoms with E-state index in [9.17, 15) is 19.5 Å². The number of carbonyl (C=O) groups excluding carboxylic acids is 3. The summed E-state index contributed by atoms with van der Waals surface area (Å²) in [5.41, 5.74) is 0.192. The molecule has 3 saturated heterocycles. The highest BCUT2D eigenvalue weighted by Crippen LogP contribution is 2.60. The van der Waals surface area contributed by atoms with Gasteiger partial charge in [0.05, 0.1) is 28.6 Å². The lowest BCUT2D eigenvalue weighted by atomic mass is 9.70. The van der Waals surface area contributed by atoms with Crippen LogP contribution in [0.25, 0.3) is 0 Å². The van der Waals surface area contributed by atoms with Crippen molar-refractivity contribution in [1.82, 2.24) is 10.2 Å². The number of halogens is 2. The van der Waals surface area contributed by atoms with Crippen molar-refractivity contribution in [3.8, 4) is 0 Å². The van der Waals surface area contributed by atoms with E-state index in [-0.39, 0.29) is 29.2 Å². The lowest BCUT2D eigenvalue weighted by molar-refractivity contribution is -0.140. The van der Waals surface area contributed by atoms with E-state index in [1.54, 1.807) is 17.0 Å². The third kappa shape index (κ3) is 4.14. The van der Waals surface area contributed by atoms with Crippen LogP contribution in [0.4, 0.5) is 5.69 Å². The van der Waals surface area contributed by atoms with Crippen LogP contribution in [0.2, 0.25) is 5.02 Å². The van der Waals surface area contributed by atoms with Crippen molar-refractivity contribution in [3.63, 3.8) is 0 Å². The SMILES string of the molecule is CCCNC(=O)[C@H]1[C@H]2C(=O)N(CCCCO)C(C(=O)Nc3c(C)cccc3Cl)C23CC(Br)[C@@H]1O3. The van der Waals surface area contributed by atoms with E-state index in [4.69, 9.17) is 16.3 Å². The molecule has 3 fully saturated rings. The first-order valence-electron chi connectivity index (χ1n) is 11.8. The first-order valence-corrected chi connectivity index (χ1v) is 13.1. The van der Waals surface area contributed by atoms with Crippen molar-refractivity contribution in [1.29, 1.82) is 0 Å². The minimum Gasteiger partial charge on any atom is -0.396 e. The number of hydrogen-bond acceptors (Lipinski definition) is 5. The van der Waals surface area contributed by atoms with Gasteiger partial charge in [-0.15, -0.1) is 0 Å². The molecule has 8 nitrogen and oxygen atoms in total. The van der Waals surface area contributed by atoms with Gasteiger partial charge in [0.2, 0.25) is 17.7 Å². The highest BCUT2D eigenvalue weighted by Gasteiger charge is 2.76. The number of aliphatic hydroxyl groups is 1. The van der Waals surface area contributed by atoms with Crippen LogP contribution in [0, 0.1) is 18.8 Å². The van der Waals surface area contributed by atoms with E-state index in [2.05, 4.69) is 26.6 Å². The fourth-order valence-corrected chi connectivity index (χ4v) is 6.92. The van der Waals surface area contributed by atoms with Crippen LogP contribution in [-0.2, 0) is 19.1 Å². The number of nitrogens with zero attached hydrogens (tertiary/aromatic N) is 1. The van der Waals surface area contributed by atoms with Crippen molar-refractivity contribution in [2.24, 2.45) is 11.8 Å². The summed E-state index contributed by atoms with van der Waals surface area (Å²) in [4.78, 5) is 42.0. The molecule has 3 aliphatic heterocycles. The molecule has 0 aliphatic carbocycles. The zero-order chi connectivity index (χ0) is 24.6. The summed E-state index contributed by atoms with van der Waals surface area (Å²) in [5, 5.41) is 15.5. The van der Waals surface area contributed by atoms with E-state index < -0.39 is 29.6 Å². The monoisotopic (exact) mass is 555 g/mol. The standard InChI is InChI=1S/C24H31BrClN3O5/c1-3-9-27-21(31)16-17-23(33)29(10-4-5-11-30)20(24(17)12-14(25)19(16)34-24)22(32)28-18-13(2)7-6-8-15(18)26/h6-8,14,16-17,19-20,30H,3-5,9-12H2,1-2H3,(H,27,31)(H,28,32)/t14?,16-,17-,19-,20?,24?/m0/s1. The summed E-state index contributed by atoms with van der Waals surface area (Å²) < 4.78 is 6.44. The fraction of sp³-hybridized carbons (Fsp3) is 0.625. The van der Waals surface area contributed by atoms with Gasteiger partial charge in [-0.1, -0.05) is 46.6 Å². The number of nitrogens with one attached hydrogen (secondary N) is 2. The number of ether oxygens (including phenoxy) is 1. The maximum atomic E-state index is 13.8. The Morgan fingerprint density at radius 1 is 1.32 bits per heavy atom. The second-order valence-electron chi connectivity index (χ2n) is 9.34. The Balaban J connectivity index is 1.70. The first kappa shape index (κ1) is 25.4. The Morgan fingerprint density at radius 3 is 2.76 bits per heavy atom. The molecule has 0 aromatic heterocycles. The molecule has 1 spiro atoms. The third-order valence-corrected chi connectivity index (χ3v) is 8.33. The molecule has 3 N–H and O–H groups in total. The van der Waals surface area contributed by atoms with Crippen molar-refractivity contribution in [2.45, 2.75) is 62.1 Å². The van der Waals surface area contributed by atoms with Crippen LogP contribution in [0.1, 0.15) is 38.2 Å². The van der Waals surface area contributed by atoms with E-state index >= 15 is 0 Å². The normalized spacial score (nSPS) is 31.6. The Morgan fingerprint density at radius 2 is 2.09 bits per heavy atom. The lowest BCUT2D eigenvalue weighted by Crippen LogP contribution is -2.54. The molecule has 1 aromatic carbocycles. The molecular formula is C24H31BrClN3O5. The highest BCUT2D eigenvalue weighted by molar-refractivity contribution is 9.09. The van der Waals surface area contributed by atoms with E-state index in [0.717, 1.165) is 12.0 Å². The number of anilines is 1. The van der Waals surface area contributed by atoms with Gasteiger partial charge in [-0.05, 0) is 44.2 Å². The number of amides is 3. The summed E-state index contributed by atoms with van der Waals surface area (Å²) in [6.07, 6.45) is 1.78. The molecular weight excluding hydrogens is 526 g/mol. The summed E-state index contributed by atoms with van der Waals surface area (Å²) in [6.45, 7) is 4.62. The van der Waals surface area contributed by atoms with Gasteiger partial charge in [0.25, 0.3) is 0 Å². The average molecular weight is 557 g/mol. The number of hydrogen-bond donors (Lipinski definition) is 3. The van der Waals surface area contributed by atoms with Crippen molar-refractivity contribution in [3.05, 3.63) is 28.8 Å². The van der Waals surface area contributed by atoms with E-state index in [1.807, 2.05) is 19.9 Å². The summed E-state index contributed by atoms with van der Waals surface area (Å²) in [7, 11) is 0. The smallest absolute Gasteiger partial charge is 0.250 e. The van der Waals surface area contributed by atoms with Gasteiger partial charge in [-0.25, -0.2) is 0 Å². The van der Waals surface area contributed by atoms with Crippen molar-refractivity contribution in [2.75, 3.05) is 25.0 Å². The Bertz CT molecular complexity index is 958. The molecule has 0 saturated carbocycles. The second-order valence-corrected chi connectivity index (χ2v) is 10.9. The average Bonchev–Trinajstić information content (AvgIpc) is 3.38. The molecule has 4 rings (SSSR count). The molecule has 3 aliphatic rings. The van der Waals surface area contributed by atoms with Gasteiger partial charge in [0.1, 0.15) is 11.6 Å². The molecule has 2 bridgehead atoms. The topological polar surface area (TPSA) is 108 Å². The molecule has 186 valence electrons. The molecule has 3 amide bonds. The van der Waals surface area contributed by atoms with Crippen LogP contribution in [0.3, 0.4) is 0 Å². The number of aliphatic hydroxyl groups excluding tert-OH is 1.